The Kier molecular flexibility index (Phi) is 10.5. The molecule has 240 valence electrons. The molecule has 5 rings (SSSR count). The molecule has 1 aliphatic rings. The van der Waals surface area contributed by atoms with Gasteiger partial charge in [-0.05, 0) is 67.6 Å². The molecule has 1 aliphatic carbocycles. The Hall–Kier alpha value is -4.50. The Morgan fingerprint density at radius 1 is 0.870 bits per heavy atom. The van der Waals surface area contributed by atoms with Crippen molar-refractivity contribution in [3.05, 3.63) is 131 Å². The summed E-state index contributed by atoms with van der Waals surface area (Å²) < 4.78 is 44.6. The summed E-state index contributed by atoms with van der Waals surface area (Å²) in [6.07, 6.45) is 3.89. The van der Waals surface area contributed by atoms with Gasteiger partial charge < -0.3 is 10.2 Å². The Morgan fingerprint density at radius 2 is 1.50 bits per heavy atom. The molecule has 0 aliphatic heterocycles. The standard InChI is InChI=1S/C37H40FN3O4S/c1-27-21-22-28(2)34(23-27)41(46(44,45)32-18-7-4-8-19-32)26-36(42)40(25-30-15-9-12-20-33(30)38)35(24-29-13-5-3-6-14-29)37(43)39-31-16-10-11-17-31/h3-9,12-15,18-23,31,35H,10-11,16-17,24-26H2,1-2H3,(H,39,43). The third kappa shape index (κ3) is 7.83. The number of carbonyl (C=O) groups excluding carboxylic acids is 2. The van der Waals surface area contributed by atoms with Crippen LogP contribution in [0, 0.1) is 19.7 Å². The van der Waals surface area contributed by atoms with Gasteiger partial charge in [-0.25, -0.2) is 12.8 Å². The normalized spacial score (nSPS) is 14.1. The van der Waals surface area contributed by atoms with Crippen LogP contribution in [0.2, 0.25) is 0 Å². The first-order valence-corrected chi connectivity index (χ1v) is 17.1. The largest absolute Gasteiger partial charge is 0.352 e. The van der Waals surface area contributed by atoms with Gasteiger partial charge in [0.2, 0.25) is 11.8 Å². The number of amides is 2. The molecule has 1 fully saturated rings. The van der Waals surface area contributed by atoms with Gasteiger partial charge in [-0.15, -0.1) is 0 Å². The number of hydrogen-bond acceptors (Lipinski definition) is 4. The Balaban J connectivity index is 1.59. The highest BCUT2D eigenvalue weighted by Crippen LogP contribution is 2.29. The number of rotatable bonds is 12. The number of aryl methyl sites for hydroxylation is 2. The molecule has 4 aromatic carbocycles. The third-order valence-electron chi connectivity index (χ3n) is 8.51. The van der Waals surface area contributed by atoms with Crippen LogP contribution in [0.15, 0.2) is 108 Å². The number of hydrogen-bond donors (Lipinski definition) is 1. The van der Waals surface area contributed by atoms with Gasteiger partial charge >= 0.3 is 0 Å². The molecular formula is C37H40FN3O4S. The van der Waals surface area contributed by atoms with Crippen LogP contribution >= 0.6 is 0 Å². The summed E-state index contributed by atoms with van der Waals surface area (Å²) >= 11 is 0. The molecule has 1 unspecified atom stereocenters. The lowest BCUT2D eigenvalue weighted by molar-refractivity contribution is -0.140. The summed E-state index contributed by atoms with van der Waals surface area (Å²) in [5.74, 6) is -1.48. The zero-order valence-electron chi connectivity index (χ0n) is 26.2. The van der Waals surface area contributed by atoms with Crippen molar-refractivity contribution in [2.75, 3.05) is 10.8 Å². The minimum atomic E-state index is -4.22. The van der Waals surface area contributed by atoms with Crippen molar-refractivity contribution in [2.24, 2.45) is 0 Å². The minimum absolute atomic E-state index is 0.0129. The van der Waals surface area contributed by atoms with Crippen molar-refractivity contribution in [1.82, 2.24) is 10.2 Å². The van der Waals surface area contributed by atoms with Gasteiger partial charge in [0.15, 0.2) is 0 Å². The highest BCUT2D eigenvalue weighted by atomic mass is 32.2. The zero-order valence-corrected chi connectivity index (χ0v) is 27.0. The van der Waals surface area contributed by atoms with Crippen molar-refractivity contribution in [2.45, 2.75) is 69.5 Å². The van der Waals surface area contributed by atoms with E-state index in [1.54, 1.807) is 49.4 Å². The topological polar surface area (TPSA) is 86.8 Å². The number of sulfonamides is 1. The Morgan fingerprint density at radius 3 is 2.17 bits per heavy atom. The van der Waals surface area contributed by atoms with Crippen LogP contribution in [0.3, 0.4) is 0 Å². The molecule has 4 aromatic rings. The average Bonchev–Trinajstić information content (AvgIpc) is 3.57. The summed E-state index contributed by atoms with van der Waals surface area (Å²) in [5.41, 5.74) is 2.90. The van der Waals surface area contributed by atoms with Gasteiger partial charge in [0, 0.05) is 24.6 Å². The second-order valence-corrected chi connectivity index (χ2v) is 13.8. The maximum Gasteiger partial charge on any atom is 0.264 e. The first-order valence-electron chi connectivity index (χ1n) is 15.7. The Bertz CT molecular complexity index is 1760. The number of anilines is 1. The van der Waals surface area contributed by atoms with E-state index in [2.05, 4.69) is 5.32 Å². The van der Waals surface area contributed by atoms with Crippen molar-refractivity contribution < 1.29 is 22.4 Å². The van der Waals surface area contributed by atoms with Gasteiger partial charge in [-0.3, -0.25) is 13.9 Å². The second kappa shape index (κ2) is 14.7. The Labute approximate surface area is 271 Å². The molecule has 0 saturated heterocycles. The number of nitrogens with one attached hydrogen (secondary N) is 1. The minimum Gasteiger partial charge on any atom is -0.352 e. The smallest absolute Gasteiger partial charge is 0.264 e. The molecule has 1 atom stereocenters. The maximum absolute atomic E-state index is 15.1. The van der Waals surface area contributed by atoms with Crippen LogP contribution in [0.1, 0.15) is 47.9 Å². The molecule has 1 N–H and O–H groups in total. The third-order valence-corrected chi connectivity index (χ3v) is 10.3. The fraction of sp³-hybridized carbons (Fsp3) is 0.297. The first kappa shape index (κ1) is 32.9. The zero-order chi connectivity index (χ0) is 32.7. The van der Waals surface area contributed by atoms with Crippen molar-refractivity contribution in [1.29, 1.82) is 0 Å². The van der Waals surface area contributed by atoms with Gasteiger partial charge in [-0.1, -0.05) is 91.7 Å². The van der Waals surface area contributed by atoms with E-state index in [4.69, 9.17) is 0 Å². The summed E-state index contributed by atoms with van der Waals surface area (Å²) in [6.45, 7) is 2.84. The lowest BCUT2D eigenvalue weighted by Crippen LogP contribution is -2.54. The van der Waals surface area contributed by atoms with Gasteiger partial charge in [0.05, 0.1) is 10.6 Å². The highest BCUT2D eigenvalue weighted by Gasteiger charge is 2.36. The van der Waals surface area contributed by atoms with E-state index in [-0.39, 0.29) is 35.4 Å². The summed E-state index contributed by atoms with van der Waals surface area (Å²) in [6, 6.07) is 27.8. The molecule has 9 heteroatoms. The molecule has 0 aromatic heterocycles. The van der Waals surface area contributed by atoms with Crippen molar-refractivity contribution in [3.8, 4) is 0 Å². The average molecular weight is 642 g/mol. The predicted molar refractivity (Wildman–Crippen MR) is 178 cm³/mol. The molecule has 0 spiro atoms. The second-order valence-electron chi connectivity index (χ2n) is 11.9. The van der Waals surface area contributed by atoms with Crippen molar-refractivity contribution >= 4 is 27.5 Å². The van der Waals surface area contributed by atoms with Gasteiger partial charge in [0.25, 0.3) is 10.0 Å². The van der Waals surface area contributed by atoms with Crippen LogP contribution in [0.25, 0.3) is 0 Å². The summed E-state index contributed by atoms with van der Waals surface area (Å²) in [5, 5.41) is 3.13. The summed E-state index contributed by atoms with van der Waals surface area (Å²) in [7, 11) is -4.22. The molecule has 2 amide bonds. The van der Waals surface area contributed by atoms with Gasteiger partial charge in [0.1, 0.15) is 18.4 Å². The maximum atomic E-state index is 15.1. The molecule has 0 heterocycles. The van der Waals surface area contributed by atoms with E-state index < -0.39 is 34.3 Å². The molecule has 0 radical (unpaired) electrons. The highest BCUT2D eigenvalue weighted by molar-refractivity contribution is 7.92. The first-order chi connectivity index (χ1) is 22.1. The number of benzene rings is 4. The summed E-state index contributed by atoms with van der Waals surface area (Å²) in [4.78, 5) is 30.0. The van der Waals surface area contributed by atoms with Crippen LogP contribution in [-0.4, -0.2) is 43.8 Å². The van der Waals surface area contributed by atoms with E-state index in [1.807, 2.05) is 49.4 Å². The van der Waals surface area contributed by atoms with E-state index in [1.165, 1.54) is 23.1 Å². The van der Waals surface area contributed by atoms with Crippen molar-refractivity contribution in [3.63, 3.8) is 0 Å². The van der Waals surface area contributed by atoms with E-state index >= 15 is 4.39 Å². The van der Waals surface area contributed by atoms with Gasteiger partial charge in [-0.2, -0.15) is 0 Å². The lowest BCUT2D eigenvalue weighted by atomic mass is 10.0. The van der Waals surface area contributed by atoms with E-state index in [9.17, 15) is 18.0 Å². The number of carbonyl (C=O) groups is 2. The molecule has 46 heavy (non-hydrogen) atoms. The fourth-order valence-electron chi connectivity index (χ4n) is 5.95. The van der Waals surface area contributed by atoms with Crippen LogP contribution in [-0.2, 0) is 32.6 Å². The fourth-order valence-corrected chi connectivity index (χ4v) is 7.44. The van der Waals surface area contributed by atoms with E-state index in [0.717, 1.165) is 41.1 Å². The molecule has 7 nitrogen and oxygen atoms in total. The molecule has 1 saturated carbocycles. The monoisotopic (exact) mass is 641 g/mol. The number of nitrogens with zero attached hydrogens (tertiary/aromatic N) is 2. The van der Waals surface area contributed by atoms with Crippen LogP contribution in [0.5, 0.6) is 0 Å². The molecule has 0 bridgehead atoms. The number of halogens is 1. The predicted octanol–water partition coefficient (Wildman–Crippen LogP) is 6.34. The quantitative estimate of drug-likeness (QED) is 0.196. The van der Waals surface area contributed by atoms with E-state index in [0.29, 0.717) is 11.3 Å². The van der Waals surface area contributed by atoms with Crippen LogP contribution < -0.4 is 9.62 Å². The van der Waals surface area contributed by atoms with Crippen LogP contribution in [0.4, 0.5) is 10.1 Å². The molecular weight excluding hydrogens is 601 g/mol. The SMILES string of the molecule is Cc1ccc(C)c(N(CC(=O)N(Cc2ccccc2F)C(Cc2ccccc2)C(=O)NC2CCCC2)S(=O)(=O)c2ccccc2)c1. The lowest BCUT2D eigenvalue weighted by Gasteiger charge is -2.34.